The largest absolute Gasteiger partial charge is 0.369 e. The van der Waals surface area contributed by atoms with Gasteiger partial charge in [-0.3, -0.25) is 0 Å². The van der Waals surface area contributed by atoms with Crippen LogP contribution in [0.25, 0.3) is 10.9 Å². The molecule has 0 amide bonds. The minimum Gasteiger partial charge on any atom is -0.369 e. The van der Waals surface area contributed by atoms with Crippen molar-refractivity contribution in [3.8, 4) is 0 Å². The molecule has 0 aliphatic carbocycles. The maximum atomic E-state index is 8.15. The van der Waals surface area contributed by atoms with Crippen LogP contribution in [0.4, 0.5) is 5.69 Å². The molecule has 0 radical (unpaired) electrons. The van der Waals surface area contributed by atoms with E-state index in [1.54, 1.807) is 6.33 Å². The zero-order valence-electron chi connectivity index (χ0n) is 12.4. The van der Waals surface area contributed by atoms with Crippen molar-refractivity contribution < 1.29 is 0 Å². The average molecular weight is 283 g/mol. The number of hydrogen-bond acceptors (Lipinski definition) is 5. The number of piperazine rings is 1. The van der Waals surface area contributed by atoms with Crippen LogP contribution in [0, 0.1) is 5.41 Å². The minimum atomic E-state index is 0.597. The Morgan fingerprint density at radius 3 is 2.86 bits per heavy atom. The van der Waals surface area contributed by atoms with Gasteiger partial charge in [0.1, 0.15) is 6.33 Å². The van der Waals surface area contributed by atoms with Crippen molar-refractivity contribution in [2.24, 2.45) is 0 Å². The highest BCUT2D eigenvalue weighted by atomic mass is 15.2. The summed E-state index contributed by atoms with van der Waals surface area (Å²) < 4.78 is 0. The van der Waals surface area contributed by atoms with E-state index in [1.807, 2.05) is 0 Å². The van der Waals surface area contributed by atoms with E-state index < -0.39 is 0 Å². The Morgan fingerprint density at radius 1 is 1.29 bits per heavy atom. The van der Waals surface area contributed by atoms with Crippen LogP contribution < -0.4 is 10.2 Å². The maximum Gasteiger partial charge on any atom is 0.116 e. The van der Waals surface area contributed by atoms with E-state index in [0.717, 1.165) is 55.6 Å². The van der Waals surface area contributed by atoms with Crippen LogP contribution in [0.15, 0.2) is 24.5 Å². The van der Waals surface area contributed by atoms with Crippen molar-refractivity contribution >= 4 is 22.3 Å². The first-order chi connectivity index (χ1) is 10.3. The molecule has 1 aromatic heterocycles. The first-order valence-corrected chi connectivity index (χ1v) is 7.58. The molecule has 2 aromatic rings. The maximum absolute atomic E-state index is 8.15. The standard InChI is InChI=1S/C16H21N5/c1-2-3-14(17)16-13-5-4-12(10-15(13)19-11-20-16)21-8-6-18-7-9-21/h4-5,10-11,17-18H,2-3,6-9H2,1H3. The van der Waals surface area contributed by atoms with Gasteiger partial charge in [0, 0.05) is 37.3 Å². The van der Waals surface area contributed by atoms with E-state index >= 15 is 0 Å². The Kier molecular flexibility index (Phi) is 4.10. The smallest absolute Gasteiger partial charge is 0.116 e. The van der Waals surface area contributed by atoms with E-state index in [4.69, 9.17) is 5.41 Å². The van der Waals surface area contributed by atoms with Gasteiger partial charge in [0.05, 0.1) is 16.9 Å². The van der Waals surface area contributed by atoms with Gasteiger partial charge in [0.2, 0.25) is 0 Å². The molecule has 2 N–H and O–H groups in total. The molecular formula is C16H21N5. The number of aromatic nitrogens is 2. The summed E-state index contributed by atoms with van der Waals surface area (Å²) in [5.41, 5.74) is 3.50. The highest BCUT2D eigenvalue weighted by molar-refractivity contribution is 6.07. The van der Waals surface area contributed by atoms with Crippen LogP contribution >= 0.6 is 0 Å². The summed E-state index contributed by atoms with van der Waals surface area (Å²) in [6, 6.07) is 6.30. The summed E-state index contributed by atoms with van der Waals surface area (Å²) in [4.78, 5) is 11.1. The molecule has 0 spiro atoms. The average Bonchev–Trinajstić information content (AvgIpc) is 2.55. The molecular weight excluding hydrogens is 262 g/mol. The third kappa shape index (κ3) is 2.88. The lowest BCUT2D eigenvalue weighted by atomic mass is 10.1. The van der Waals surface area contributed by atoms with Crippen molar-refractivity contribution in [1.82, 2.24) is 15.3 Å². The van der Waals surface area contributed by atoms with Crippen LogP contribution in [0.3, 0.4) is 0 Å². The molecule has 21 heavy (non-hydrogen) atoms. The van der Waals surface area contributed by atoms with E-state index in [-0.39, 0.29) is 0 Å². The van der Waals surface area contributed by atoms with Crippen molar-refractivity contribution in [2.75, 3.05) is 31.1 Å². The van der Waals surface area contributed by atoms with E-state index in [0.29, 0.717) is 5.71 Å². The van der Waals surface area contributed by atoms with Crippen LogP contribution in [0.5, 0.6) is 0 Å². The summed E-state index contributed by atoms with van der Waals surface area (Å²) in [7, 11) is 0. The molecule has 0 bridgehead atoms. The van der Waals surface area contributed by atoms with Crippen LogP contribution in [-0.2, 0) is 0 Å². The SMILES string of the molecule is CCCC(=N)c1ncnc2cc(N3CCNCC3)ccc12. The van der Waals surface area contributed by atoms with E-state index in [2.05, 4.69) is 45.3 Å². The normalized spacial score (nSPS) is 15.4. The van der Waals surface area contributed by atoms with Crippen LogP contribution in [0.2, 0.25) is 0 Å². The molecule has 5 nitrogen and oxygen atoms in total. The third-order valence-electron chi connectivity index (χ3n) is 3.89. The second-order valence-electron chi connectivity index (χ2n) is 5.39. The highest BCUT2D eigenvalue weighted by Gasteiger charge is 2.13. The lowest BCUT2D eigenvalue weighted by molar-refractivity contribution is 0.589. The van der Waals surface area contributed by atoms with Gasteiger partial charge in [-0.05, 0) is 24.6 Å². The molecule has 0 saturated carbocycles. The van der Waals surface area contributed by atoms with E-state index in [9.17, 15) is 0 Å². The number of benzene rings is 1. The zero-order valence-corrected chi connectivity index (χ0v) is 12.4. The fraction of sp³-hybridized carbons (Fsp3) is 0.438. The number of hydrogen-bond donors (Lipinski definition) is 2. The van der Waals surface area contributed by atoms with Gasteiger partial charge in [0.15, 0.2) is 0 Å². The predicted molar refractivity (Wildman–Crippen MR) is 86.4 cm³/mol. The molecule has 0 unspecified atom stereocenters. The molecule has 1 saturated heterocycles. The fourth-order valence-corrected chi connectivity index (χ4v) is 2.77. The Hall–Kier alpha value is -2.01. The molecule has 5 heteroatoms. The van der Waals surface area contributed by atoms with Gasteiger partial charge in [0.25, 0.3) is 0 Å². The van der Waals surface area contributed by atoms with Gasteiger partial charge in [-0.15, -0.1) is 0 Å². The lowest BCUT2D eigenvalue weighted by Crippen LogP contribution is -2.43. The van der Waals surface area contributed by atoms with Gasteiger partial charge in [-0.1, -0.05) is 13.3 Å². The van der Waals surface area contributed by atoms with E-state index in [1.165, 1.54) is 5.69 Å². The first kappa shape index (κ1) is 13.9. The molecule has 2 heterocycles. The number of anilines is 1. The van der Waals surface area contributed by atoms with Gasteiger partial charge in [-0.2, -0.15) is 0 Å². The predicted octanol–water partition coefficient (Wildman–Crippen LogP) is 2.21. The Morgan fingerprint density at radius 2 is 2.10 bits per heavy atom. The number of nitrogens with zero attached hydrogens (tertiary/aromatic N) is 3. The van der Waals surface area contributed by atoms with Gasteiger partial charge >= 0.3 is 0 Å². The molecule has 1 fully saturated rings. The summed E-state index contributed by atoms with van der Waals surface area (Å²) >= 11 is 0. The molecule has 0 atom stereocenters. The number of nitrogens with one attached hydrogen (secondary N) is 2. The van der Waals surface area contributed by atoms with Crippen LogP contribution in [-0.4, -0.2) is 41.9 Å². The second-order valence-corrected chi connectivity index (χ2v) is 5.39. The number of fused-ring (bicyclic) bond motifs is 1. The summed E-state index contributed by atoms with van der Waals surface area (Å²) in [5.74, 6) is 0. The van der Waals surface area contributed by atoms with Crippen molar-refractivity contribution in [2.45, 2.75) is 19.8 Å². The van der Waals surface area contributed by atoms with Crippen molar-refractivity contribution in [3.05, 3.63) is 30.2 Å². The molecule has 110 valence electrons. The quantitative estimate of drug-likeness (QED) is 0.844. The first-order valence-electron chi connectivity index (χ1n) is 7.58. The van der Waals surface area contributed by atoms with Crippen molar-refractivity contribution in [1.29, 1.82) is 5.41 Å². The fourth-order valence-electron chi connectivity index (χ4n) is 2.77. The van der Waals surface area contributed by atoms with Crippen molar-refractivity contribution in [3.63, 3.8) is 0 Å². The Balaban J connectivity index is 1.97. The highest BCUT2D eigenvalue weighted by Crippen LogP contribution is 2.23. The third-order valence-corrected chi connectivity index (χ3v) is 3.89. The summed E-state index contributed by atoms with van der Waals surface area (Å²) in [6.07, 6.45) is 3.29. The zero-order chi connectivity index (χ0) is 14.7. The summed E-state index contributed by atoms with van der Waals surface area (Å²) in [5, 5.41) is 12.5. The minimum absolute atomic E-state index is 0.597. The molecule has 1 aliphatic rings. The van der Waals surface area contributed by atoms with Crippen LogP contribution in [0.1, 0.15) is 25.5 Å². The topological polar surface area (TPSA) is 64.9 Å². The molecule has 1 aromatic carbocycles. The Labute approximate surface area is 124 Å². The lowest BCUT2D eigenvalue weighted by Gasteiger charge is -2.29. The Bertz CT molecular complexity index is 646. The molecule has 3 rings (SSSR count). The van der Waals surface area contributed by atoms with Gasteiger partial charge in [-0.25, -0.2) is 9.97 Å². The second kappa shape index (κ2) is 6.18. The monoisotopic (exact) mass is 283 g/mol. The molecule has 1 aliphatic heterocycles. The van der Waals surface area contributed by atoms with Gasteiger partial charge < -0.3 is 15.6 Å². The summed E-state index contributed by atoms with van der Waals surface area (Å²) in [6.45, 7) is 6.17. The number of rotatable bonds is 4.